The molecule has 0 aromatic rings. The molecule has 0 saturated carbocycles. The molecule has 2 amide bonds. The summed E-state index contributed by atoms with van der Waals surface area (Å²) in [7, 11) is 0. The monoisotopic (exact) mass is 257 g/mol. The van der Waals surface area contributed by atoms with Gasteiger partial charge < -0.3 is 16.4 Å². The molecule has 0 radical (unpaired) electrons. The Hall–Kier alpha value is -1.10. The third-order valence-electron chi connectivity index (χ3n) is 2.92. The van der Waals surface area contributed by atoms with Crippen LogP contribution in [0.2, 0.25) is 0 Å². The zero-order chi connectivity index (χ0) is 14.1. The standard InChI is InChI=1S/C13H27N3O2/c1-5-10(4)12(14)13(18)15-7-6-11(17)16-8-9(2)3/h9-10,12H,5-8,14H2,1-4H3,(H,15,18)(H,16,17). The Bertz CT molecular complexity index is 267. The lowest BCUT2D eigenvalue weighted by Crippen LogP contribution is -2.45. The smallest absolute Gasteiger partial charge is 0.237 e. The Morgan fingerprint density at radius 1 is 1.17 bits per heavy atom. The first-order valence-electron chi connectivity index (χ1n) is 6.68. The highest BCUT2D eigenvalue weighted by Crippen LogP contribution is 2.04. The van der Waals surface area contributed by atoms with Crippen LogP contribution in [0.4, 0.5) is 0 Å². The molecule has 0 aromatic carbocycles. The van der Waals surface area contributed by atoms with E-state index in [4.69, 9.17) is 5.73 Å². The van der Waals surface area contributed by atoms with Crippen LogP contribution in [0.1, 0.15) is 40.5 Å². The van der Waals surface area contributed by atoms with Gasteiger partial charge in [0.25, 0.3) is 0 Å². The summed E-state index contributed by atoms with van der Waals surface area (Å²) in [6.07, 6.45) is 1.16. The van der Waals surface area contributed by atoms with Crippen molar-refractivity contribution in [3.05, 3.63) is 0 Å². The van der Waals surface area contributed by atoms with E-state index in [2.05, 4.69) is 10.6 Å². The van der Waals surface area contributed by atoms with Crippen LogP contribution in [0.3, 0.4) is 0 Å². The molecule has 0 aromatic heterocycles. The molecule has 106 valence electrons. The summed E-state index contributed by atoms with van der Waals surface area (Å²) >= 11 is 0. The van der Waals surface area contributed by atoms with E-state index in [0.29, 0.717) is 25.4 Å². The van der Waals surface area contributed by atoms with Crippen LogP contribution >= 0.6 is 0 Å². The largest absolute Gasteiger partial charge is 0.356 e. The lowest BCUT2D eigenvalue weighted by atomic mass is 9.99. The van der Waals surface area contributed by atoms with E-state index in [1.165, 1.54) is 0 Å². The lowest BCUT2D eigenvalue weighted by molar-refractivity contribution is -0.124. The van der Waals surface area contributed by atoms with Gasteiger partial charge in [0.05, 0.1) is 6.04 Å². The first-order valence-corrected chi connectivity index (χ1v) is 6.68. The maximum atomic E-state index is 11.6. The number of nitrogens with two attached hydrogens (primary N) is 1. The molecule has 18 heavy (non-hydrogen) atoms. The molecule has 0 aliphatic rings. The van der Waals surface area contributed by atoms with Gasteiger partial charge in [-0.2, -0.15) is 0 Å². The molecule has 0 heterocycles. The number of nitrogens with one attached hydrogen (secondary N) is 2. The zero-order valence-corrected chi connectivity index (χ0v) is 12.0. The van der Waals surface area contributed by atoms with E-state index in [1.54, 1.807) is 0 Å². The van der Waals surface area contributed by atoms with Crippen LogP contribution in [-0.4, -0.2) is 30.9 Å². The summed E-state index contributed by atoms with van der Waals surface area (Å²) in [4.78, 5) is 23.0. The number of amides is 2. The molecule has 0 rings (SSSR count). The molecular weight excluding hydrogens is 230 g/mol. The van der Waals surface area contributed by atoms with Crippen molar-refractivity contribution in [1.82, 2.24) is 10.6 Å². The SMILES string of the molecule is CCC(C)C(N)C(=O)NCCC(=O)NCC(C)C. The number of carbonyl (C=O) groups excluding carboxylic acids is 2. The van der Waals surface area contributed by atoms with Crippen molar-refractivity contribution in [1.29, 1.82) is 0 Å². The predicted octanol–water partition coefficient (Wildman–Crippen LogP) is 0.638. The van der Waals surface area contributed by atoms with Crippen LogP contribution in [0.5, 0.6) is 0 Å². The second kappa shape index (κ2) is 8.91. The van der Waals surface area contributed by atoms with E-state index >= 15 is 0 Å². The Balaban J connectivity index is 3.77. The molecule has 5 heteroatoms. The van der Waals surface area contributed by atoms with Gasteiger partial charge in [-0.25, -0.2) is 0 Å². The van der Waals surface area contributed by atoms with E-state index < -0.39 is 6.04 Å². The van der Waals surface area contributed by atoms with Gasteiger partial charge in [0.2, 0.25) is 11.8 Å². The zero-order valence-electron chi connectivity index (χ0n) is 12.0. The second-order valence-corrected chi connectivity index (χ2v) is 5.15. The highest BCUT2D eigenvalue weighted by atomic mass is 16.2. The number of hydrogen-bond acceptors (Lipinski definition) is 3. The summed E-state index contributed by atoms with van der Waals surface area (Å²) < 4.78 is 0. The fraction of sp³-hybridized carbons (Fsp3) is 0.846. The van der Waals surface area contributed by atoms with Gasteiger partial charge in [-0.15, -0.1) is 0 Å². The molecule has 0 aliphatic carbocycles. The Morgan fingerprint density at radius 3 is 2.28 bits per heavy atom. The topological polar surface area (TPSA) is 84.2 Å². The maximum absolute atomic E-state index is 11.6. The molecule has 5 nitrogen and oxygen atoms in total. The fourth-order valence-corrected chi connectivity index (χ4v) is 1.34. The quantitative estimate of drug-likeness (QED) is 0.596. The molecule has 4 N–H and O–H groups in total. The van der Waals surface area contributed by atoms with Crippen LogP contribution in [0, 0.1) is 11.8 Å². The third kappa shape index (κ3) is 7.27. The van der Waals surface area contributed by atoms with Crippen molar-refractivity contribution in [3.8, 4) is 0 Å². The number of carbonyl (C=O) groups is 2. The highest BCUT2D eigenvalue weighted by molar-refractivity contribution is 5.82. The molecule has 0 spiro atoms. The van der Waals surface area contributed by atoms with Gasteiger partial charge in [0.1, 0.15) is 0 Å². The highest BCUT2D eigenvalue weighted by Gasteiger charge is 2.18. The number of hydrogen-bond donors (Lipinski definition) is 3. The normalized spacial score (nSPS) is 14.1. The summed E-state index contributed by atoms with van der Waals surface area (Å²) in [6, 6.07) is -0.492. The van der Waals surface area contributed by atoms with Gasteiger partial charge in [-0.1, -0.05) is 34.1 Å². The molecule has 0 aliphatic heterocycles. The van der Waals surface area contributed by atoms with Crippen molar-refractivity contribution in [2.24, 2.45) is 17.6 Å². The summed E-state index contributed by atoms with van der Waals surface area (Å²) in [6.45, 7) is 9.02. The van der Waals surface area contributed by atoms with Gasteiger partial charge in [-0.3, -0.25) is 9.59 Å². The van der Waals surface area contributed by atoms with Crippen LogP contribution in [0.15, 0.2) is 0 Å². The molecule has 0 fully saturated rings. The van der Waals surface area contributed by atoms with E-state index in [1.807, 2.05) is 27.7 Å². The van der Waals surface area contributed by atoms with Gasteiger partial charge in [-0.05, 0) is 11.8 Å². The summed E-state index contributed by atoms with van der Waals surface area (Å²) in [5, 5.41) is 5.49. The van der Waals surface area contributed by atoms with Gasteiger partial charge in [0.15, 0.2) is 0 Å². The Morgan fingerprint density at radius 2 is 1.78 bits per heavy atom. The predicted molar refractivity (Wildman–Crippen MR) is 72.9 cm³/mol. The lowest BCUT2D eigenvalue weighted by Gasteiger charge is -2.17. The average molecular weight is 257 g/mol. The van der Waals surface area contributed by atoms with Crippen LogP contribution < -0.4 is 16.4 Å². The molecule has 2 atom stereocenters. The minimum Gasteiger partial charge on any atom is -0.356 e. The Labute approximate surface area is 110 Å². The minimum atomic E-state index is -0.492. The van der Waals surface area contributed by atoms with Crippen LogP contribution in [0.25, 0.3) is 0 Å². The van der Waals surface area contributed by atoms with Gasteiger partial charge >= 0.3 is 0 Å². The summed E-state index contributed by atoms with van der Waals surface area (Å²) in [5.41, 5.74) is 5.77. The van der Waals surface area contributed by atoms with Crippen molar-refractivity contribution in [2.75, 3.05) is 13.1 Å². The summed E-state index contributed by atoms with van der Waals surface area (Å²) in [5.74, 6) is 0.365. The van der Waals surface area contributed by atoms with Crippen molar-refractivity contribution < 1.29 is 9.59 Å². The van der Waals surface area contributed by atoms with E-state index in [9.17, 15) is 9.59 Å². The van der Waals surface area contributed by atoms with Crippen molar-refractivity contribution in [2.45, 2.75) is 46.6 Å². The molecular formula is C13H27N3O2. The minimum absolute atomic E-state index is 0.0406. The van der Waals surface area contributed by atoms with Crippen molar-refractivity contribution in [3.63, 3.8) is 0 Å². The van der Waals surface area contributed by atoms with E-state index in [0.717, 1.165) is 6.42 Å². The maximum Gasteiger partial charge on any atom is 0.237 e. The first kappa shape index (κ1) is 16.9. The fourth-order valence-electron chi connectivity index (χ4n) is 1.34. The van der Waals surface area contributed by atoms with Crippen molar-refractivity contribution >= 4 is 11.8 Å². The van der Waals surface area contributed by atoms with Crippen LogP contribution in [-0.2, 0) is 9.59 Å². The Kier molecular flexibility index (Phi) is 8.37. The molecule has 0 saturated heterocycles. The van der Waals surface area contributed by atoms with Gasteiger partial charge in [0, 0.05) is 19.5 Å². The average Bonchev–Trinajstić information content (AvgIpc) is 2.34. The van der Waals surface area contributed by atoms with E-state index in [-0.39, 0.29) is 17.7 Å². The number of rotatable bonds is 8. The first-order chi connectivity index (χ1) is 8.38. The molecule has 0 bridgehead atoms. The third-order valence-corrected chi connectivity index (χ3v) is 2.92. The second-order valence-electron chi connectivity index (χ2n) is 5.15. The molecule has 2 unspecified atom stereocenters.